The SMILES string of the molecule is Cc1nn(Cc2ccccc2)c(C)c1CNC(=O)CCc1cccnc1. The zero-order valence-corrected chi connectivity index (χ0v) is 15.3. The number of rotatable bonds is 7. The third-order valence-electron chi connectivity index (χ3n) is 4.53. The number of aryl methyl sites for hydroxylation is 2. The monoisotopic (exact) mass is 348 g/mol. The summed E-state index contributed by atoms with van der Waals surface area (Å²) in [5.74, 6) is 0.0449. The van der Waals surface area contributed by atoms with Crippen LogP contribution in [0.3, 0.4) is 0 Å². The largest absolute Gasteiger partial charge is 0.352 e. The molecule has 0 aliphatic heterocycles. The van der Waals surface area contributed by atoms with E-state index in [0.29, 0.717) is 19.4 Å². The van der Waals surface area contributed by atoms with Crippen LogP contribution in [0.4, 0.5) is 0 Å². The molecule has 0 spiro atoms. The smallest absolute Gasteiger partial charge is 0.220 e. The number of nitrogens with one attached hydrogen (secondary N) is 1. The van der Waals surface area contributed by atoms with E-state index >= 15 is 0 Å². The summed E-state index contributed by atoms with van der Waals surface area (Å²) >= 11 is 0. The van der Waals surface area contributed by atoms with E-state index in [-0.39, 0.29) is 5.91 Å². The van der Waals surface area contributed by atoms with Crippen LogP contribution in [0, 0.1) is 13.8 Å². The Labute approximate surface area is 154 Å². The molecular formula is C21H24N4O. The van der Waals surface area contributed by atoms with Crippen LogP contribution in [-0.2, 0) is 24.3 Å². The lowest BCUT2D eigenvalue weighted by atomic mass is 10.1. The minimum Gasteiger partial charge on any atom is -0.352 e. The van der Waals surface area contributed by atoms with Crippen molar-refractivity contribution < 1.29 is 4.79 Å². The third kappa shape index (κ3) is 4.57. The number of hydrogen-bond acceptors (Lipinski definition) is 3. The predicted molar refractivity (Wildman–Crippen MR) is 102 cm³/mol. The lowest BCUT2D eigenvalue weighted by Gasteiger charge is -2.07. The van der Waals surface area contributed by atoms with Gasteiger partial charge in [0.2, 0.25) is 5.91 Å². The lowest BCUT2D eigenvalue weighted by Crippen LogP contribution is -2.23. The second-order valence-corrected chi connectivity index (χ2v) is 6.43. The first kappa shape index (κ1) is 17.9. The summed E-state index contributed by atoms with van der Waals surface area (Å²) in [5.41, 5.74) is 5.44. The Hall–Kier alpha value is -2.95. The first-order valence-electron chi connectivity index (χ1n) is 8.86. The summed E-state index contributed by atoms with van der Waals surface area (Å²) in [6.07, 6.45) is 4.70. The van der Waals surface area contributed by atoms with Gasteiger partial charge < -0.3 is 5.32 Å². The molecule has 5 nitrogen and oxygen atoms in total. The molecule has 0 aliphatic rings. The van der Waals surface area contributed by atoms with Crippen LogP contribution in [0.15, 0.2) is 54.9 Å². The first-order chi connectivity index (χ1) is 12.6. The highest BCUT2D eigenvalue weighted by atomic mass is 16.1. The van der Waals surface area contributed by atoms with Crippen molar-refractivity contribution in [2.75, 3.05) is 0 Å². The van der Waals surface area contributed by atoms with Crippen LogP contribution < -0.4 is 5.32 Å². The Bertz CT molecular complexity index is 856. The molecule has 0 fully saturated rings. The zero-order chi connectivity index (χ0) is 18.4. The average Bonchev–Trinajstić information content (AvgIpc) is 2.93. The molecule has 3 aromatic rings. The second-order valence-electron chi connectivity index (χ2n) is 6.43. The maximum atomic E-state index is 12.2. The van der Waals surface area contributed by atoms with E-state index in [4.69, 9.17) is 0 Å². The Morgan fingerprint density at radius 3 is 2.58 bits per heavy atom. The van der Waals surface area contributed by atoms with Crippen molar-refractivity contribution in [3.8, 4) is 0 Å². The number of amides is 1. The van der Waals surface area contributed by atoms with E-state index in [1.807, 2.05) is 41.9 Å². The molecule has 1 amide bonds. The Balaban J connectivity index is 1.57. The fraction of sp³-hybridized carbons (Fsp3) is 0.286. The third-order valence-corrected chi connectivity index (χ3v) is 4.53. The fourth-order valence-corrected chi connectivity index (χ4v) is 2.98. The van der Waals surface area contributed by atoms with E-state index < -0.39 is 0 Å². The van der Waals surface area contributed by atoms with Crippen molar-refractivity contribution in [1.82, 2.24) is 20.1 Å². The molecular weight excluding hydrogens is 324 g/mol. The molecule has 0 aliphatic carbocycles. The highest BCUT2D eigenvalue weighted by molar-refractivity contribution is 5.76. The molecule has 2 aromatic heterocycles. The molecule has 0 bridgehead atoms. The van der Waals surface area contributed by atoms with Gasteiger partial charge in [-0.15, -0.1) is 0 Å². The number of hydrogen-bond donors (Lipinski definition) is 1. The molecule has 134 valence electrons. The Morgan fingerprint density at radius 1 is 1.08 bits per heavy atom. The van der Waals surface area contributed by atoms with Gasteiger partial charge >= 0.3 is 0 Å². The predicted octanol–water partition coefficient (Wildman–Crippen LogP) is 3.19. The summed E-state index contributed by atoms with van der Waals surface area (Å²) in [6, 6.07) is 14.1. The van der Waals surface area contributed by atoms with Gasteiger partial charge in [-0.3, -0.25) is 14.5 Å². The lowest BCUT2D eigenvalue weighted by molar-refractivity contribution is -0.121. The van der Waals surface area contributed by atoms with Gasteiger partial charge in [0.1, 0.15) is 0 Å². The number of benzene rings is 1. The van der Waals surface area contributed by atoms with E-state index in [9.17, 15) is 4.79 Å². The van der Waals surface area contributed by atoms with Crippen molar-refractivity contribution >= 4 is 5.91 Å². The summed E-state index contributed by atoms with van der Waals surface area (Å²) in [7, 11) is 0. The highest BCUT2D eigenvalue weighted by Crippen LogP contribution is 2.15. The van der Waals surface area contributed by atoms with E-state index in [1.54, 1.807) is 12.4 Å². The first-order valence-corrected chi connectivity index (χ1v) is 8.86. The average molecular weight is 348 g/mol. The molecule has 3 rings (SSSR count). The van der Waals surface area contributed by atoms with Gasteiger partial charge in [0, 0.05) is 36.6 Å². The molecule has 26 heavy (non-hydrogen) atoms. The molecule has 1 N–H and O–H groups in total. The van der Waals surface area contributed by atoms with Crippen LogP contribution in [-0.4, -0.2) is 20.7 Å². The Kier molecular flexibility index (Phi) is 5.79. The van der Waals surface area contributed by atoms with Crippen molar-refractivity contribution in [2.24, 2.45) is 0 Å². The van der Waals surface area contributed by atoms with Crippen LogP contribution in [0.5, 0.6) is 0 Å². The van der Waals surface area contributed by atoms with E-state index in [1.165, 1.54) is 5.56 Å². The summed E-state index contributed by atoms with van der Waals surface area (Å²) in [6.45, 7) is 5.30. The molecule has 0 atom stereocenters. The fourth-order valence-electron chi connectivity index (χ4n) is 2.98. The summed E-state index contributed by atoms with van der Waals surface area (Å²) in [4.78, 5) is 16.2. The molecule has 1 aromatic carbocycles. The number of carbonyl (C=O) groups excluding carboxylic acids is 1. The number of carbonyl (C=O) groups is 1. The quantitative estimate of drug-likeness (QED) is 0.713. The van der Waals surface area contributed by atoms with Crippen LogP contribution in [0.1, 0.15) is 34.5 Å². The minimum atomic E-state index is 0.0449. The van der Waals surface area contributed by atoms with Gasteiger partial charge in [0.15, 0.2) is 0 Å². The van der Waals surface area contributed by atoms with Gasteiger partial charge in [0.05, 0.1) is 12.2 Å². The maximum absolute atomic E-state index is 12.2. The standard InChI is InChI=1S/C21H24N4O/c1-16-20(14-23-21(26)11-10-18-9-6-12-22-13-18)17(2)25(24-16)15-19-7-4-3-5-8-19/h3-9,12-13H,10-11,14-15H2,1-2H3,(H,23,26). The van der Waals surface area contributed by atoms with Gasteiger partial charge in [-0.1, -0.05) is 36.4 Å². The molecule has 5 heteroatoms. The summed E-state index contributed by atoms with van der Waals surface area (Å²) < 4.78 is 2.00. The van der Waals surface area contributed by atoms with E-state index in [0.717, 1.165) is 29.1 Å². The van der Waals surface area contributed by atoms with Gasteiger partial charge in [-0.05, 0) is 37.5 Å². The Morgan fingerprint density at radius 2 is 1.85 bits per heavy atom. The highest BCUT2D eigenvalue weighted by Gasteiger charge is 2.13. The molecule has 2 heterocycles. The topological polar surface area (TPSA) is 59.8 Å². The van der Waals surface area contributed by atoms with Gasteiger partial charge in [-0.2, -0.15) is 5.10 Å². The maximum Gasteiger partial charge on any atom is 0.220 e. The van der Waals surface area contributed by atoms with E-state index in [2.05, 4.69) is 34.5 Å². The second kappa shape index (κ2) is 8.43. The van der Waals surface area contributed by atoms with Crippen LogP contribution >= 0.6 is 0 Å². The minimum absolute atomic E-state index is 0.0449. The molecule has 0 unspecified atom stereocenters. The molecule has 0 saturated carbocycles. The van der Waals surface area contributed by atoms with Crippen molar-refractivity contribution in [1.29, 1.82) is 0 Å². The van der Waals surface area contributed by atoms with Crippen molar-refractivity contribution in [3.05, 3.63) is 82.9 Å². The number of nitrogens with zero attached hydrogens (tertiary/aromatic N) is 3. The van der Waals surface area contributed by atoms with Gasteiger partial charge in [-0.25, -0.2) is 0 Å². The van der Waals surface area contributed by atoms with Crippen LogP contribution in [0.2, 0.25) is 0 Å². The van der Waals surface area contributed by atoms with Gasteiger partial charge in [0.25, 0.3) is 0 Å². The normalized spacial score (nSPS) is 10.7. The zero-order valence-electron chi connectivity index (χ0n) is 15.3. The molecule has 0 radical (unpaired) electrons. The number of pyridine rings is 1. The van der Waals surface area contributed by atoms with Crippen LogP contribution in [0.25, 0.3) is 0 Å². The molecule has 0 saturated heterocycles. The number of aromatic nitrogens is 3. The summed E-state index contributed by atoms with van der Waals surface area (Å²) in [5, 5.41) is 7.65. The van der Waals surface area contributed by atoms with Crippen molar-refractivity contribution in [3.63, 3.8) is 0 Å². The van der Waals surface area contributed by atoms with Crippen molar-refractivity contribution in [2.45, 2.75) is 39.8 Å².